The Balaban J connectivity index is 1.40. The molecule has 0 saturated carbocycles. The van der Waals surface area contributed by atoms with Gasteiger partial charge >= 0.3 is 0 Å². The molecule has 4 aromatic rings. The molecule has 4 aromatic carbocycles. The Kier molecular flexibility index (Phi) is 17.8. The summed E-state index contributed by atoms with van der Waals surface area (Å²) in [4.78, 5) is 26.2. The van der Waals surface area contributed by atoms with Crippen molar-refractivity contribution in [1.29, 1.82) is 0 Å². The van der Waals surface area contributed by atoms with Gasteiger partial charge in [0.25, 0.3) is 0 Å². The third kappa shape index (κ3) is 13.8. The van der Waals surface area contributed by atoms with Crippen LogP contribution in [0.5, 0.6) is 0 Å². The molecule has 64 heavy (non-hydrogen) atoms. The van der Waals surface area contributed by atoms with Crippen molar-refractivity contribution < 1.29 is 52.3 Å². The molecule has 0 aliphatic carbocycles. The van der Waals surface area contributed by atoms with Gasteiger partial charge in [0.15, 0.2) is 20.9 Å². The summed E-state index contributed by atoms with van der Waals surface area (Å²) < 4.78 is 53.7. The molecule has 2 heterocycles. The molecule has 14 heteroatoms. The van der Waals surface area contributed by atoms with Crippen LogP contribution in [0.15, 0.2) is 121 Å². The second kappa shape index (κ2) is 23.2. The monoisotopic (exact) mass is 898 g/mol. The van der Waals surface area contributed by atoms with Gasteiger partial charge in [0, 0.05) is 13.8 Å². The average molecular weight is 899 g/mol. The van der Waals surface area contributed by atoms with E-state index < -0.39 is 69.6 Å². The van der Waals surface area contributed by atoms with Crippen molar-refractivity contribution in [2.45, 2.75) is 140 Å². The number of aliphatic hydroxyl groups excluding tert-OH is 1. The molecule has 0 bridgehead atoms. The van der Waals surface area contributed by atoms with Gasteiger partial charge in [-0.2, -0.15) is 0 Å². The highest BCUT2D eigenvalue weighted by molar-refractivity contribution is 6.74. The highest BCUT2D eigenvalue weighted by Crippen LogP contribution is 2.40. The topological polar surface area (TPSA) is 152 Å². The number of aliphatic hydroxyl groups is 1. The number of hydrogen-bond acceptors (Lipinski definition) is 11. The first kappa shape index (κ1) is 49.1. The zero-order chi connectivity index (χ0) is 45.7. The van der Waals surface area contributed by atoms with E-state index in [4.69, 9.17) is 37.6 Å². The lowest BCUT2D eigenvalue weighted by Crippen LogP contribution is -2.70. The van der Waals surface area contributed by atoms with Crippen molar-refractivity contribution in [3.63, 3.8) is 0 Å². The summed E-state index contributed by atoms with van der Waals surface area (Å²) in [5.74, 6) is -0.707. The molecule has 2 amide bonds. The van der Waals surface area contributed by atoms with Gasteiger partial charge in [-0.1, -0.05) is 142 Å². The lowest BCUT2D eigenvalue weighted by Gasteiger charge is -2.51. The van der Waals surface area contributed by atoms with Crippen molar-refractivity contribution in [2.75, 3.05) is 13.2 Å². The highest BCUT2D eigenvalue weighted by atomic mass is 28.4. The van der Waals surface area contributed by atoms with Crippen LogP contribution in [0.1, 0.15) is 56.9 Å². The Hall–Kier alpha value is -4.32. The normalized spacial score (nSPS) is 26.2. The van der Waals surface area contributed by atoms with E-state index in [2.05, 4.69) is 44.5 Å². The summed E-state index contributed by atoms with van der Waals surface area (Å²) >= 11 is 0. The van der Waals surface area contributed by atoms with Crippen LogP contribution in [0.3, 0.4) is 0 Å². The number of hydrogen-bond donors (Lipinski definition) is 3. The van der Waals surface area contributed by atoms with Gasteiger partial charge in [0.1, 0.15) is 48.7 Å². The molecule has 0 spiro atoms. The summed E-state index contributed by atoms with van der Waals surface area (Å²) in [5, 5.41) is 17.9. The van der Waals surface area contributed by atoms with E-state index in [1.807, 2.05) is 121 Å². The van der Waals surface area contributed by atoms with E-state index in [1.165, 1.54) is 13.8 Å². The summed E-state index contributed by atoms with van der Waals surface area (Å²) in [7, 11) is -2.55. The predicted molar refractivity (Wildman–Crippen MR) is 244 cm³/mol. The molecule has 346 valence electrons. The van der Waals surface area contributed by atoms with Crippen LogP contribution in [0.25, 0.3) is 0 Å². The van der Waals surface area contributed by atoms with Crippen molar-refractivity contribution in [3.8, 4) is 0 Å². The van der Waals surface area contributed by atoms with Crippen molar-refractivity contribution in [1.82, 2.24) is 10.6 Å². The van der Waals surface area contributed by atoms with Gasteiger partial charge in [-0.3, -0.25) is 9.59 Å². The molecule has 3 N–H and O–H groups in total. The molecule has 6 rings (SSSR count). The number of nitrogens with one attached hydrogen (secondary N) is 2. The Morgan fingerprint density at radius 2 is 0.969 bits per heavy atom. The predicted octanol–water partition coefficient (Wildman–Crippen LogP) is 6.82. The van der Waals surface area contributed by atoms with Crippen LogP contribution in [0, 0.1) is 0 Å². The van der Waals surface area contributed by atoms with Gasteiger partial charge in [-0.05, 0) is 40.4 Å². The van der Waals surface area contributed by atoms with Crippen LogP contribution >= 0.6 is 0 Å². The first-order chi connectivity index (χ1) is 30.7. The minimum Gasteiger partial charge on any atom is -0.391 e. The Morgan fingerprint density at radius 1 is 0.578 bits per heavy atom. The Bertz CT molecular complexity index is 2010. The highest BCUT2D eigenvalue weighted by Gasteiger charge is 2.55. The lowest BCUT2D eigenvalue weighted by molar-refractivity contribution is -0.335. The van der Waals surface area contributed by atoms with Gasteiger partial charge in [-0.15, -0.1) is 0 Å². The molecule has 2 fully saturated rings. The molecule has 0 radical (unpaired) electrons. The van der Waals surface area contributed by atoms with Crippen LogP contribution in [0.4, 0.5) is 0 Å². The van der Waals surface area contributed by atoms with Gasteiger partial charge in [-0.25, -0.2) is 0 Å². The van der Waals surface area contributed by atoms with Crippen molar-refractivity contribution in [2.24, 2.45) is 0 Å². The van der Waals surface area contributed by atoms with Crippen molar-refractivity contribution >= 4 is 20.1 Å². The summed E-state index contributed by atoms with van der Waals surface area (Å²) in [6, 6.07) is 36.9. The first-order valence-corrected chi connectivity index (χ1v) is 25.0. The maximum absolute atomic E-state index is 13.2. The van der Waals surface area contributed by atoms with Gasteiger partial charge in [0.05, 0.1) is 39.6 Å². The van der Waals surface area contributed by atoms with E-state index in [1.54, 1.807) is 0 Å². The minimum atomic E-state index is -2.55. The maximum Gasteiger partial charge on any atom is 0.217 e. The smallest absolute Gasteiger partial charge is 0.217 e. The number of carbonyl (C=O) groups excluding carboxylic acids is 2. The summed E-state index contributed by atoms with van der Waals surface area (Å²) in [5.41, 5.74) is 3.67. The third-order valence-corrected chi connectivity index (χ3v) is 16.4. The average Bonchev–Trinajstić information content (AvgIpc) is 3.26. The van der Waals surface area contributed by atoms with E-state index in [-0.39, 0.29) is 56.5 Å². The van der Waals surface area contributed by atoms with Crippen molar-refractivity contribution in [3.05, 3.63) is 144 Å². The van der Waals surface area contributed by atoms with Gasteiger partial charge < -0.3 is 53.3 Å². The molecule has 2 saturated heterocycles. The molecule has 2 aliphatic heterocycles. The molecule has 10 atom stereocenters. The van der Waals surface area contributed by atoms with Crippen LogP contribution in [0.2, 0.25) is 18.1 Å². The summed E-state index contributed by atoms with van der Waals surface area (Å²) in [6.45, 7) is 14.3. The fraction of sp³-hybridized carbons (Fsp3) is 0.480. The number of rotatable bonds is 20. The number of carbonyl (C=O) groups is 2. The Labute approximate surface area is 379 Å². The number of ether oxygens (including phenoxy) is 7. The Morgan fingerprint density at radius 3 is 1.41 bits per heavy atom. The fourth-order valence-corrected chi connectivity index (χ4v) is 8.67. The third-order valence-electron chi connectivity index (χ3n) is 11.9. The molecule has 0 unspecified atom stereocenters. The second-order valence-electron chi connectivity index (χ2n) is 18.0. The first-order valence-electron chi connectivity index (χ1n) is 22.1. The zero-order valence-corrected chi connectivity index (χ0v) is 39.1. The lowest BCUT2D eigenvalue weighted by atomic mass is 9.94. The summed E-state index contributed by atoms with van der Waals surface area (Å²) in [6.07, 6.45) is -8.20. The van der Waals surface area contributed by atoms with E-state index in [0.717, 1.165) is 22.3 Å². The SMILES string of the molecule is CC(=O)N[C@H]1[C@H](O[Si](C)(C)C(C)(C)C)O[C@H](COCc2ccccc2)[C@@H](O[C@@H]2O[C@H](COCc3ccccc3)[C@@H](O)[C@H](OCc3ccccc3)[C@H]2NC(C)=O)[C@@H]1OCc1ccccc1. The number of amides is 2. The van der Waals surface area contributed by atoms with E-state index >= 15 is 0 Å². The molecule has 13 nitrogen and oxygen atoms in total. The van der Waals surface area contributed by atoms with E-state index in [9.17, 15) is 14.7 Å². The second-order valence-corrected chi connectivity index (χ2v) is 22.8. The van der Waals surface area contributed by atoms with Crippen LogP contribution < -0.4 is 10.6 Å². The van der Waals surface area contributed by atoms with Crippen LogP contribution in [-0.2, 0) is 73.6 Å². The molecule has 0 aromatic heterocycles. The van der Waals surface area contributed by atoms with E-state index in [0.29, 0.717) is 0 Å². The maximum atomic E-state index is 13.2. The molecule has 2 aliphatic rings. The molecular formula is C50H66N2O11Si. The fourth-order valence-electron chi connectivity index (χ4n) is 7.54. The van der Waals surface area contributed by atoms with Gasteiger partial charge in [0.2, 0.25) is 11.8 Å². The quantitative estimate of drug-likeness (QED) is 0.0803. The molecular weight excluding hydrogens is 833 g/mol. The minimum absolute atomic E-state index is 0.0242. The zero-order valence-electron chi connectivity index (χ0n) is 38.1. The number of benzene rings is 4. The standard InChI is InChI=1S/C50H66N2O11Si/c1-34(53)51-42-46(58-30-38-24-16-10-17-25-38)44(55)40(32-56-28-36-20-12-8-13-21-36)60-48(42)62-45-41(33-57-29-37-22-14-9-15-23-37)61-49(63-64(6,7)50(3,4)5)43(52-35(2)54)47(45)59-31-39-26-18-11-19-27-39/h8-27,40-49,55H,28-33H2,1-7H3,(H,51,53)(H,52,54)/t40-,41-,42-,43-,44-,45-,46-,47-,48+,49+/m1/s1. The largest absolute Gasteiger partial charge is 0.391 e. The van der Waals surface area contributed by atoms with Crippen LogP contribution in [-0.4, -0.2) is 99.7 Å².